The van der Waals surface area contributed by atoms with Crippen molar-refractivity contribution in [3.05, 3.63) is 22.4 Å². The standard InChI is InChI=1S/C17H29NS/c1-17(2,3)16-7-6-15(11-18)14(10-16)5-4-13-8-9-19-12-13/h8-9,12,14-16H,4-7,10-11,18H2,1-3H3. The molecule has 0 amide bonds. The first-order valence-corrected chi connectivity index (χ1v) is 8.66. The van der Waals surface area contributed by atoms with Crippen molar-refractivity contribution in [1.82, 2.24) is 0 Å². The minimum Gasteiger partial charge on any atom is -0.330 e. The fraction of sp³-hybridized carbons (Fsp3) is 0.765. The highest BCUT2D eigenvalue weighted by Gasteiger charge is 2.34. The predicted molar refractivity (Wildman–Crippen MR) is 85.5 cm³/mol. The number of hydrogen-bond acceptors (Lipinski definition) is 2. The highest BCUT2D eigenvalue weighted by molar-refractivity contribution is 7.07. The Bertz CT molecular complexity index is 363. The topological polar surface area (TPSA) is 26.0 Å². The molecular formula is C17H29NS. The molecule has 0 saturated heterocycles. The van der Waals surface area contributed by atoms with Gasteiger partial charge in [0.2, 0.25) is 0 Å². The molecule has 108 valence electrons. The van der Waals surface area contributed by atoms with Crippen LogP contribution in [0.3, 0.4) is 0 Å². The minimum absolute atomic E-state index is 0.459. The highest BCUT2D eigenvalue weighted by atomic mass is 32.1. The lowest BCUT2D eigenvalue weighted by molar-refractivity contribution is 0.0966. The first kappa shape index (κ1) is 15.1. The van der Waals surface area contributed by atoms with Crippen LogP contribution in [0, 0.1) is 23.2 Å². The Kier molecular flexibility index (Phi) is 5.08. The summed E-state index contributed by atoms with van der Waals surface area (Å²) >= 11 is 1.81. The molecule has 0 spiro atoms. The zero-order chi connectivity index (χ0) is 13.9. The second-order valence-electron chi connectivity index (χ2n) is 7.30. The molecule has 3 unspecified atom stereocenters. The Labute approximate surface area is 122 Å². The summed E-state index contributed by atoms with van der Waals surface area (Å²) in [5.41, 5.74) is 7.97. The van der Waals surface area contributed by atoms with Crippen LogP contribution in [-0.4, -0.2) is 6.54 Å². The minimum atomic E-state index is 0.459. The maximum absolute atomic E-state index is 6.00. The first-order chi connectivity index (χ1) is 9.00. The molecule has 1 saturated carbocycles. The van der Waals surface area contributed by atoms with E-state index in [9.17, 15) is 0 Å². The molecule has 0 aliphatic heterocycles. The van der Waals surface area contributed by atoms with Gasteiger partial charge in [-0.25, -0.2) is 0 Å². The first-order valence-electron chi connectivity index (χ1n) is 7.72. The number of thiophene rings is 1. The Morgan fingerprint density at radius 2 is 2.05 bits per heavy atom. The van der Waals surface area contributed by atoms with Crippen LogP contribution in [0.15, 0.2) is 16.8 Å². The Morgan fingerprint density at radius 1 is 1.26 bits per heavy atom. The van der Waals surface area contributed by atoms with E-state index >= 15 is 0 Å². The second-order valence-corrected chi connectivity index (χ2v) is 8.08. The molecule has 2 rings (SSSR count). The smallest absolute Gasteiger partial charge is 0.00462 e. The number of aryl methyl sites for hydroxylation is 1. The largest absolute Gasteiger partial charge is 0.330 e. The van der Waals surface area contributed by atoms with Gasteiger partial charge in [-0.05, 0) is 84.2 Å². The third-order valence-corrected chi connectivity index (χ3v) is 5.78. The summed E-state index contributed by atoms with van der Waals surface area (Å²) in [5, 5.41) is 4.48. The SMILES string of the molecule is CC(C)(C)C1CCC(CN)C(CCc2ccsc2)C1. The molecule has 1 aliphatic rings. The second kappa shape index (κ2) is 6.41. The molecule has 0 aromatic carbocycles. The molecule has 0 radical (unpaired) electrons. The maximum Gasteiger partial charge on any atom is -0.00462 e. The third-order valence-electron chi connectivity index (χ3n) is 5.05. The van der Waals surface area contributed by atoms with Crippen molar-refractivity contribution >= 4 is 11.3 Å². The summed E-state index contributed by atoms with van der Waals surface area (Å²) in [7, 11) is 0. The average molecular weight is 279 g/mol. The lowest BCUT2D eigenvalue weighted by Gasteiger charge is -2.41. The van der Waals surface area contributed by atoms with Crippen LogP contribution in [0.2, 0.25) is 0 Å². The quantitative estimate of drug-likeness (QED) is 0.848. The lowest BCUT2D eigenvalue weighted by Crippen LogP contribution is -2.35. The van der Waals surface area contributed by atoms with E-state index in [0.29, 0.717) is 5.41 Å². The van der Waals surface area contributed by atoms with Gasteiger partial charge in [0.05, 0.1) is 0 Å². The van der Waals surface area contributed by atoms with Crippen LogP contribution >= 0.6 is 11.3 Å². The van der Waals surface area contributed by atoms with Crippen LogP contribution in [0.1, 0.15) is 52.0 Å². The Hall–Kier alpha value is -0.340. The summed E-state index contributed by atoms with van der Waals surface area (Å²) in [4.78, 5) is 0. The van der Waals surface area contributed by atoms with Crippen molar-refractivity contribution in [3.63, 3.8) is 0 Å². The average Bonchev–Trinajstić information content (AvgIpc) is 2.88. The van der Waals surface area contributed by atoms with Crippen molar-refractivity contribution in [2.75, 3.05) is 6.54 Å². The van der Waals surface area contributed by atoms with Gasteiger partial charge in [0.15, 0.2) is 0 Å². The lowest BCUT2D eigenvalue weighted by atomic mass is 9.64. The van der Waals surface area contributed by atoms with Crippen molar-refractivity contribution < 1.29 is 0 Å². The number of hydrogen-bond donors (Lipinski definition) is 1. The van der Waals surface area contributed by atoms with E-state index in [2.05, 4.69) is 37.6 Å². The molecule has 1 aromatic rings. The summed E-state index contributed by atoms with van der Waals surface area (Å²) in [6.45, 7) is 8.08. The number of rotatable bonds is 4. The zero-order valence-corrected chi connectivity index (χ0v) is 13.5. The van der Waals surface area contributed by atoms with E-state index in [1.807, 2.05) is 11.3 Å². The van der Waals surface area contributed by atoms with Gasteiger partial charge in [0.1, 0.15) is 0 Å². The van der Waals surface area contributed by atoms with E-state index < -0.39 is 0 Å². The van der Waals surface area contributed by atoms with Gasteiger partial charge in [-0.3, -0.25) is 0 Å². The molecule has 2 heteroatoms. The maximum atomic E-state index is 6.00. The zero-order valence-electron chi connectivity index (χ0n) is 12.7. The van der Waals surface area contributed by atoms with Crippen LogP contribution < -0.4 is 5.73 Å². The van der Waals surface area contributed by atoms with Crippen LogP contribution in [0.25, 0.3) is 0 Å². The van der Waals surface area contributed by atoms with E-state index in [1.54, 1.807) is 0 Å². The van der Waals surface area contributed by atoms with E-state index in [4.69, 9.17) is 5.73 Å². The van der Waals surface area contributed by atoms with E-state index in [-0.39, 0.29) is 0 Å². The highest BCUT2D eigenvalue weighted by Crippen LogP contribution is 2.43. The van der Waals surface area contributed by atoms with Gasteiger partial charge >= 0.3 is 0 Å². The molecule has 19 heavy (non-hydrogen) atoms. The van der Waals surface area contributed by atoms with Crippen molar-refractivity contribution in [2.24, 2.45) is 28.9 Å². The van der Waals surface area contributed by atoms with Crippen molar-refractivity contribution in [3.8, 4) is 0 Å². The molecule has 1 aliphatic carbocycles. The van der Waals surface area contributed by atoms with Gasteiger partial charge in [-0.2, -0.15) is 11.3 Å². The molecule has 1 aromatic heterocycles. The van der Waals surface area contributed by atoms with E-state index in [0.717, 1.165) is 24.3 Å². The predicted octanol–water partition coefficient (Wildman–Crippen LogP) is 4.72. The summed E-state index contributed by atoms with van der Waals surface area (Å²) in [6, 6.07) is 2.27. The number of nitrogens with two attached hydrogens (primary N) is 1. The van der Waals surface area contributed by atoms with Gasteiger partial charge in [0, 0.05) is 0 Å². The summed E-state index contributed by atoms with van der Waals surface area (Å²) in [6.07, 6.45) is 6.66. The van der Waals surface area contributed by atoms with Gasteiger partial charge in [-0.1, -0.05) is 20.8 Å². The van der Waals surface area contributed by atoms with Crippen LogP contribution in [0.4, 0.5) is 0 Å². The molecular weight excluding hydrogens is 250 g/mol. The Morgan fingerprint density at radius 3 is 2.63 bits per heavy atom. The molecule has 0 bridgehead atoms. The third kappa shape index (κ3) is 4.06. The van der Waals surface area contributed by atoms with Gasteiger partial charge in [-0.15, -0.1) is 0 Å². The normalized spacial score (nSPS) is 28.5. The van der Waals surface area contributed by atoms with Gasteiger partial charge in [0.25, 0.3) is 0 Å². The fourth-order valence-corrected chi connectivity index (χ4v) is 4.27. The molecule has 2 N–H and O–H groups in total. The molecule has 1 heterocycles. The molecule has 1 nitrogen and oxygen atoms in total. The van der Waals surface area contributed by atoms with Crippen LogP contribution in [0.5, 0.6) is 0 Å². The van der Waals surface area contributed by atoms with Crippen molar-refractivity contribution in [2.45, 2.75) is 52.9 Å². The van der Waals surface area contributed by atoms with E-state index in [1.165, 1.54) is 37.7 Å². The van der Waals surface area contributed by atoms with Gasteiger partial charge < -0.3 is 5.73 Å². The van der Waals surface area contributed by atoms with Crippen LogP contribution in [-0.2, 0) is 6.42 Å². The molecule has 1 fully saturated rings. The Balaban J connectivity index is 1.94. The summed E-state index contributed by atoms with van der Waals surface area (Å²) < 4.78 is 0. The monoisotopic (exact) mass is 279 g/mol. The molecule has 3 atom stereocenters. The fourth-order valence-electron chi connectivity index (χ4n) is 3.56. The van der Waals surface area contributed by atoms with Crippen molar-refractivity contribution in [1.29, 1.82) is 0 Å². The summed E-state index contributed by atoms with van der Waals surface area (Å²) in [5.74, 6) is 2.47.